The quantitative estimate of drug-likeness (QED) is 0.335. The zero-order valence-electron chi connectivity index (χ0n) is 9.55. The van der Waals surface area contributed by atoms with Crippen LogP contribution in [0.5, 0.6) is 0 Å². The third kappa shape index (κ3) is 4.01. The first-order valence-electron chi connectivity index (χ1n) is 5.17. The Labute approximate surface area is 122 Å². The molecule has 0 spiro atoms. The topological polar surface area (TPSA) is 39.2 Å². The molecule has 3 nitrogen and oxygen atoms in total. The Morgan fingerprint density at radius 1 is 1.61 bits per heavy atom. The number of halogens is 4. The molecule has 0 saturated heterocycles. The number of aromatic nitrogens is 1. The molecule has 100 valence electrons. The van der Waals surface area contributed by atoms with Crippen LogP contribution in [-0.4, -0.2) is 17.6 Å². The monoisotopic (exact) mass is 389 g/mol. The normalized spacial score (nSPS) is 10.8. The number of carbonyl (C=O) groups is 1. The van der Waals surface area contributed by atoms with Gasteiger partial charge < -0.3 is 4.74 Å². The van der Waals surface area contributed by atoms with E-state index in [9.17, 15) is 13.6 Å². The van der Waals surface area contributed by atoms with E-state index in [1.165, 1.54) is 6.07 Å². The second-order valence-corrected chi connectivity index (χ2v) is 4.68. The highest BCUT2D eigenvalue weighted by Crippen LogP contribution is 2.28. The van der Waals surface area contributed by atoms with Gasteiger partial charge in [-0.1, -0.05) is 0 Å². The number of hydrogen-bond donors (Lipinski definition) is 0. The van der Waals surface area contributed by atoms with E-state index in [1.807, 2.05) is 0 Å². The van der Waals surface area contributed by atoms with E-state index in [2.05, 4.69) is 4.98 Å². The lowest BCUT2D eigenvalue weighted by molar-refractivity contribution is -0.142. The molecule has 0 unspecified atom stereocenters. The summed E-state index contributed by atoms with van der Waals surface area (Å²) in [7, 11) is 0. The molecule has 0 bridgehead atoms. The van der Waals surface area contributed by atoms with Crippen molar-refractivity contribution in [2.24, 2.45) is 0 Å². The number of alkyl halides is 3. The lowest BCUT2D eigenvalue weighted by Crippen LogP contribution is -2.12. The summed E-state index contributed by atoms with van der Waals surface area (Å²) in [5.74, 6) is -0.433. The number of pyridine rings is 1. The summed E-state index contributed by atoms with van der Waals surface area (Å²) in [6.07, 6.45) is -2.88. The maximum Gasteiger partial charge on any atom is 0.310 e. The van der Waals surface area contributed by atoms with Crippen molar-refractivity contribution in [2.75, 3.05) is 6.61 Å². The molecule has 0 saturated carbocycles. The lowest BCUT2D eigenvalue weighted by Gasteiger charge is -2.11. The van der Waals surface area contributed by atoms with Gasteiger partial charge in [-0.3, -0.25) is 4.79 Å². The molecule has 0 amide bonds. The van der Waals surface area contributed by atoms with Crippen LogP contribution in [0.3, 0.4) is 0 Å². The van der Waals surface area contributed by atoms with Gasteiger partial charge in [-0.05, 0) is 41.1 Å². The van der Waals surface area contributed by atoms with E-state index in [0.717, 1.165) is 0 Å². The number of hydrogen-bond acceptors (Lipinski definition) is 3. The third-order valence-corrected chi connectivity index (χ3v) is 3.24. The van der Waals surface area contributed by atoms with E-state index in [1.54, 1.807) is 29.5 Å². The molecule has 0 aliphatic rings. The SMILES string of the molecule is CCOC(=O)Cc1cc(CCl)nc(I)c1C(F)F. The first kappa shape index (κ1) is 15.6. The van der Waals surface area contributed by atoms with Crippen LogP contribution in [-0.2, 0) is 21.8 Å². The predicted octanol–water partition coefficient (Wildman–Crippen LogP) is 3.47. The Balaban J connectivity index is 3.13. The highest BCUT2D eigenvalue weighted by atomic mass is 127. The molecule has 1 heterocycles. The molecule has 0 aliphatic carbocycles. The van der Waals surface area contributed by atoms with Crippen molar-refractivity contribution in [3.05, 3.63) is 26.6 Å². The molecule has 1 aromatic rings. The largest absolute Gasteiger partial charge is 0.466 e. The minimum absolute atomic E-state index is 0.106. The number of rotatable bonds is 5. The van der Waals surface area contributed by atoms with Crippen LogP contribution in [0, 0.1) is 3.70 Å². The summed E-state index contributed by atoms with van der Waals surface area (Å²) >= 11 is 7.35. The molecule has 18 heavy (non-hydrogen) atoms. The van der Waals surface area contributed by atoms with E-state index >= 15 is 0 Å². The maximum atomic E-state index is 12.9. The summed E-state index contributed by atoms with van der Waals surface area (Å²) in [6.45, 7) is 1.87. The molecular formula is C11H11ClF2INO2. The molecule has 0 aromatic carbocycles. The second kappa shape index (κ2) is 7.18. The molecule has 0 N–H and O–H groups in total. The number of nitrogens with zero attached hydrogens (tertiary/aromatic N) is 1. The maximum absolute atomic E-state index is 12.9. The lowest BCUT2D eigenvalue weighted by atomic mass is 10.1. The van der Waals surface area contributed by atoms with Crippen molar-refractivity contribution in [2.45, 2.75) is 25.7 Å². The van der Waals surface area contributed by atoms with Gasteiger partial charge in [0.25, 0.3) is 6.43 Å². The van der Waals surface area contributed by atoms with Crippen molar-refractivity contribution in [3.8, 4) is 0 Å². The van der Waals surface area contributed by atoms with E-state index in [-0.39, 0.29) is 33.7 Å². The Hall–Kier alpha value is -0.500. The van der Waals surface area contributed by atoms with Gasteiger partial charge in [-0.15, -0.1) is 11.6 Å². The highest BCUT2D eigenvalue weighted by molar-refractivity contribution is 14.1. The van der Waals surface area contributed by atoms with Gasteiger partial charge in [0, 0.05) is 0 Å². The van der Waals surface area contributed by atoms with Crippen molar-refractivity contribution >= 4 is 40.2 Å². The molecule has 0 aliphatic heterocycles. The van der Waals surface area contributed by atoms with Gasteiger partial charge in [-0.2, -0.15) is 0 Å². The molecule has 0 radical (unpaired) electrons. The van der Waals surface area contributed by atoms with Crippen LogP contribution in [0.15, 0.2) is 6.07 Å². The fraction of sp³-hybridized carbons (Fsp3) is 0.455. The Bertz CT molecular complexity index is 443. The summed E-state index contributed by atoms with van der Waals surface area (Å²) < 4.78 is 30.8. The van der Waals surface area contributed by atoms with Crippen molar-refractivity contribution in [1.29, 1.82) is 0 Å². The smallest absolute Gasteiger partial charge is 0.310 e. The molecule has 0 fully saturated rings. The minimum Gasteiger partial charge on any atom is -0.466 e. The Morgan fingerprint density at radius 3 is 2.78 bits per heavy atom. The molecule has 7 heteroatoms. The number of carbonyl (C=O) groups excluding carboxylic acids is 1. The summed E-state index contributed by atoms with van der Waals surface area (Å²) in [5, 5.41) is 0. The minimum atomic E-state index is -2.68. The fourth-order valence-electron chi connectivity index (χ4n) is 1.44. The van der Waals surface area contributed by atoms with Crippen molar-refractivity contribution in [1.82, 2.24) is 4.98 Å². The van der Waals surface area contributed by atoms with Gasteiger partial charge in [0.2, 0.25) is 0 Å². The Kier molecular flexibility index (Phi) is 6.20. The van der Waals surface area contributed by atoms with E-state index in [0.29, 0.717) is 5.69 Å². The third-order valence-electron chi connectivity index (χ3n) is 2.15. The van der Waals surface area contributed by atoms with Crippen LogP contribution < -0.4 is 0 Å². The van der Waals surface area contributed by atoms with Gasteiger partial charge in [0.1, 0.15) is 3.70 Å². The Morgan fingerprint density at radius 2 is 2.28 bits per heavy atom. The van der Waals surface area contributed by atoms with Crippen LogP contribution in [0.25, 0.3) is 0 Å². The highest BCUT2D eigenvalue weighted by Gasteiger charge is 2.21. The van der Waals surface area contributed by atoms with Crippen LogP contribution in [0.1, 0.15) is 30.2 Å². The second-order valence-electron chi connectivity index (χ2n) is 3.39. The van der Waals surface area contributed by atoms with E-state index in [4.69, 9.17) is 16.3 Å². The average Bonchev–Trinajstić information content (AvgIpc) is 2.27. The van der Waals surface area contributed by atoms with Crippen LogP contribution >= 0.6 is 34.2 Å². The summed E-state index contributed by atoms with van der Waals surface area (Å²) in [6, 6.07) is 1.42. The zero-order valence-corrected chi connectivity index (χ0v) is 12.5. The first-order valence-corrected chi connectivity index (χ1v) is 6.78. The van der Waals surface area contributed by atoms with Gasteiger partial charge in [0.05, 0.1) is 30.2 Å². The van der Waals surface area contributed by atoms with Gasteiger partial charge >= 0.3 is 5.97 Å². The average molecular weight is 390 g/mol. The van der Waals surface area contributed by atoms with Crippen molar-refractivity contribution in [3.63, 3.8) is 0 Å². The van der Waals surface area contributed by atoms with E-state index < -0.39 is 12.4 Å². The molecule has 1 rings (SSSR count). The van der Waals surface area contributed by atoms with Crippen molar-refractivity contribution < 1.29 is 18.3 Å². The number of ether oxygens (including phenoxy) is 1. The molecule has 0 atom stereocenters. The summed E-state index contributed by atoms with van der Waals surface area (Å²) in [5.41, 5.74) is 0.459. The van der Waals surface area contributed by atoms with Crippen LogP contribution in [0.4, 0.5) is 8.78 Å². The first-order chi connectivity index (χ1) is 8.49. The molecule has 1 aromatic heterocycles. The fourth-order valence-corrected chi connectivity index (χ4v) is 2.47. The number of esters is 1. The van der Waals surface area contributed by atoms with Crippen LogP contribution in [0.2, 0.25) is 0 Å². The zero-order chi connectivity index (χ0) is 13.7. The molecular weight excluding hydrogens is 378 g/mol. The van der Waals surface area contributed by atoms with Gasteiger partial charge in [-0.25, -0.2) is 13.8 Å². The standard InChI is InChI=1S/C11H11ClF2INO2/c1-2-18-8(17)4-6-3-7(5-12)16-11(15)9(6)10(13)14/h3,10H,2,4-5H2,1H3. The van der Waals surface area contributed by atoms with Gasteiger partial charge in [0.15, 0.2) is 0 Å². The predicted molar refractivity (Wildman–Crippen MR) is 71.8 cm³/mol. The summed E-state index contributed by atoms with van der Waals surface area (Å²) in [4.78, 5) is 15.3.